The first kappa shape index (κ1) is 19.1. The summed E-state index contributed by atoms with van der Waals surface area (Å²) >= 11 is 0. The Morgan fingerprint density at radius 1 is 0.926 bits per heavy atom. The van der Waals surface area contributed by atoms with Crippen molar-refractivity contribution in [3.63, 3.8) is 0 Å². The van der Waals surface area contributed by atoms with Gasteiger partial charge in [-0.2, -0.15) is 4.72 Å². The minimum atomic E-state index is -3.96. The molecule has 4 nitrogen and oxygen atoms in total. The fraction of sp³-hybridized carbons (Fsp3) is 0.143. The maximum atomic E-state index is 14.0. The van der Waals surface area contributed by atoms with Gasteiger partial charge in [0.05, 0.1) is 18.0 Å². The topological polar surface area (TPSA) is 55.4 Å². The molecule has 0 aliphatic carbocycles. The molecule has 1 N–H and O–H groups in total. The van der Waals surface area contributed by atoms with Gasteiger partial charge in [0.1, 0.15) is 0 Å². The summed E-state index contributed by atoms with van der Waals surface area (Å²) in [6, 6.07) is 19.8. The molecule has 0 saturated heterocycles. The molecule has 0 saturated carbocycles. The molecule has 0 aromatic heterocycles. The second-order valence-electron chi connectivity index (χ2n) is 6.17. The maximum absolute atomic E-state index is 14.0. The lowest BCUT2D eigenvalue weighted by Gasteiger charge is -2.20. The first-order chi connectivity index (χ1) is 12.9. The molecule has 0 bridgehead atoms. The van der Waals surface area contributed by atoms with Gasteiger partial charge in [-0.15, -0.1) is 0 Å². The number of aryl methyl sites for hydroxylation is 1. The molecular formula is C21H20FNO3S. The van der Waals surface area contributed by atoms with Gasteiger partial charge in [-0.3, -0.25) is 0 Å². The molecule has 3 rings (SSSR count). The van der Waals surface area contributed by atoms with E-state index in [1.165, 1.54) is 19.2 Å². The van der Waals surface area contributed by atoms with E-state index in [0.717, 1.165) is 22.8 Å². The summed E-state index contributed by atoms with van der Waals surface area (Å²) in [6.07, 6.45) is 0. The highest BCUT2D eigenvalue weighted by Crippen LogP contribution is 2.26. The molecule has 140 valence electrons. The number of rotatable bonds is 6. The summed E-state index contributed by atoms with van der Waals surface area (Å²) in [5, 5.41) is 0. The number of hydrogen-bond acceptors (Lipinski definition) is 3. The maximum Gasteiger partial charge on any atom is 0.241 e. The van der Waals surface area contributed by atoms with Crippen LogP contribution in [0.2, 0.25) is 0 Å². The van der Waals surface area contributed by atoms with Crippen molar-refractivity contribution in [1.82, 2.24) is 4.72 Å². The van der Waals surface area contributed by atoms with Crippen LogP contribution in [-0.2, 0) is 10.0 Å². The molecule has 3 aromatic carbocycles. The van der Waals surface area contributed by atoms with E-state index in [9.17, 15) is 12.8 Å². The van der Waals surface area contributed by atoms with Crippen LogP contribution in [0.3, 0.4) is 0 Å². The Bertz CT molecular complexity index is 1020. The van der Waals surface area contributed by atoms with Crippen LogP contribution in [0.5, 0.6) is 5.75 Å². The van der Waals surface area contributed by atoms with Crippen LogP contribution in [0.4, 0.5) is 4.39 Å². The Morgan fingerprint density at radius 3 is 2.15 bits per heavy atom. The van der Waals surface area contributed by atoms with Gasteiger partial charge in [-0.05, 0) is 36.2 Å². The van der Waals surface area contributed by atoms with E-state index in [2.05, 4.69) is 4.72 Å². The van der Waals surface area contributed by atoms with Crippen molar-refractivity contribution in [2.75, 3.05) is 7.11 Å². The summed E-state index contributed by atoms with van der Waals surface area (Å²) in [6.45, 7) is 1.96. The van der Waals surface area contributed by atoms with Crippen molar-refractivity contribution in [3.8, 4) is 5.75 Å². The SMILES string of the molecule is COc1ccc(S(=O)(=O)NC(c2ccccc2)c2ccc(C)cc2)cc1F. The Kier molecular flexibility index (Phi) is 5.58. The van der Waals surface area contributed by atoms with Crippen molar-refractivity contribution >= 4 is 10.0 Å². The highest BCUT2D eigenvalue weighted by molar-refractivity contribution is 7.89. The molecule has 0 spiro atoms. The summed E-state index contributed by atoms with van der Waals surface area (Å²) in [5.74, 6) is -0.737. The summed E-state index contributed by atoms with van der Waals surface area (Å²) in [7, 11) is -2.63. The third-order valence-corrected chi connectivity index (χ3v) is 5.67. The molecule has 3 aromatic rings. The van der Waals surface area contributed by atoms with Crippen LogP contribution in [-0.4, -0.2) is 15.5 Å². The first-order valence-corrected chi connectivity index (χ1v) is 9.86. The molecule has 0 heterocycles. The number of nitrogens with one attached hydrogen (secondary N) is 1. The average Bonchev–Trinajstić information content (AvgIpc) is 2.67. The van der Waals surface area contributed by atoms with Crippen LogP contribution < -0.4 is 9.46 Å². The Balaban J connectivity index is 2.00. The predicted molar refractivity (Wildman–Crippen MR) is 103 cm³/mol. The van der Waals surface area contributed by atoms with Crippen LogP contribution in [0.15, 0.2) is 77.7 Å². The van der Waals surface area contributed by atoms with Gasteiger partial charge in [0, 0.05) is 0 Å². The van der Waals surface area contributed by atoms with E-state index in [1.54, 1.807) is 0 Å². The lowest BCUT2D eigenvalue weighted by Crippen LogP contribution is -2.29. The minimum absolute atomic E-state index is 0.00732. The van der Waals surface area contributed by atoms with Gasteiger partial charge >= 0.3 is 0 Å². The highest BCUT2D eigenvalue weighted by Gasteiger charge is 2.24. The first-order valence-electron chi connectivity index (χ1n) is 8.38. The fourth-order valence-corrected chi connectivity index (χ4v) is 3.99. The lowest BCUT2D eigenvalue weighted by atomic mass is 9.99. The minimum Gasteiger partial charge on any atom is -0.494 e. The molecule has 0 aliphatic rings. The highest BCUT2D eigenvalue weighted by atomic mass is 32.2. The third-order valence-electron chi connectivity index (χ3n) is 4.25. The number of methoxy groups -OCH3 is 1. The Labute approximate surface area is 158 Å². The van der Waals surface area contributed by atoms with E-state index >= 15 is 0 Å². The van der Waals surface area contributed by atoms with Gasteiger partial charge in [0.25, 0.3) is 0 Å². The van der Waals surface area contributed by atoms with E-state index in [0.29, 0.717) is 0 Å². The zero-order valence-corrected chi connectivity index (χ0v) is 15.8. The monoisotopic (exact) mass is 385 g/mol. The second kappa shape index (κ2) is 7.90. The number of halogens is 1. The normalized spacial score (nSPS) is 12.6. The fourth-order valence-electron chi connectivity index (χ4n) is 2.77. The quantitative estimate of drug-likeness (QED) is 0.692. The number of ether oxygens (including phenoxy) is 1. The standard InChI is InChI=1S/C21H20FNO3S/c1-15-8-10-17(11-9-15)21(16-6-4-3-5-7-16)23-27(24,25)18-12-13-20(26-2)19(22)14-18/h3-14,21,23H,1-2H3. The van der Waals surface area contributed by atoms with Crippen LogP contribution in [0, 0.1) is 12.7 Å². The van der Waals surface area contributed by atoms with Gasteiger partial charge in [0.15, 0.2) is 11.6 Å². The Morgan fingerprint density at radius 2 is 1.56 bits per heavy atom. The molecule has 1 unspecified atom stereocenters. The van der Waals surface area contributed by atoms with Gasteiger partial charge in [-0.25, -0.2) is 12.8 Å². The van der Waals surface area contributed by atoms with Crippen LogP contribution in [0.25, 0.3) is 0 Å². The molecule has 0 aliphatic heterocycles. The van der Waals surface area contributed by atoms with Crippen molar-refractivity contribution in [2.45, 2.75) is 17.9 Å². The molecule has 0 radical (unpaired) electrons. The third kappa shape index (κ3) is 4.35. The van der Waals surface area contributed by atoms with Crippen molar-refractivity contribution in [1.29, 1.82) is 0 Å². The number of benzene rings is 3. The summed E-state index contributed by atoms with van der Waals surface area (Å²) in [4.78, 5) is -0.158. The van der Waals surface area contributed by atoms with Crippen LogP contribution >= 0.6 is 0 Å². The van der Waals surface area contributed by atoms with E-state index in [4.69, 9.17) is 4.74 Å². The Hall–Kier alpha value is -2.70. The van der Waals surface area contributed by atoms with Crippen molar-refractivity contribution < 1.29 is 17.5 Å². The van der Waals surface area contributed by atoms with E-state index < -0.39 is 21.9 Å². The molecule has 6 heteroatoms. The predicted octanol–water partition coefficient (Wildman–Crippen LogP) is 4.21. The van der Waals surface area contributed by atoms with Crippen LogP contribution in [0.1, 0.15) is 22.7 Å². The number of sulfonamides is 1. The van der Waals surface area contributed by atoms with Gasteiger partial charge in [0.2, 0.25) is 10.0 Å². The molecule has 1 atom stereocenters. The molecule has 0 fully saturated rings. The summed E-state index contributed by atoms with van der Waals surface area (Å²) in [5.41, 5.74) is 2.66. The van der Waals surface area contributed by atoms with E-state index in [1.807, 2.05) is 61.5 Å². The van der Waals surface area contributed by atoms with Gasteiger partial charge in [-0.1, -0.05) is 60.2 Å². The van der Waals surface area contributed by atoms with Crippen molar-refractivity contribution in [2.24, 2.45) is 0 Å². The lowest BCUT2D eigenvalue weighted by molar-refractivity contribution is 0.385. The molecule has 27 heavy (non-hydrogen) atoms. The zero-order valence-electron chi connectivity index (χ0n) is 15.0. The van der Waals surface area contributed by atoms with Gasteiger partial charge < -0.3 is 4.74 Å². The van der Waals surface area contributed by atoms with Crippen molar-refractivity contribution in [3.05, 3.63) is 95.3 Å². The zero-order chi connectivity index (χ0) is 19.4. The largest absolute Gasteiger partial charge is 0.494 e. The second-order valence-corrected chi connectivity index (χ2v) is 7.89. The number of hydrogen-bond donors (Lipinski definition) is 1. The summed E-state index contributed by atoms with van der Waals surface area (Å²) < 4.78 is 47.3. The molecular weight excluding hydrogens is 365 g/mol. The van der Waals surface area contributed by atoms with E-state index in [-0.39, 0.29) is 10.6 Å². The average molecular weight is 385 g/mol. The smallest absolute Gasteiger partial charge is 0.241 e. The molecule has 0 amide bonds.